The molecule has 2 heterocycles. The number of anilines is 1. The van der Waals surface area contributed by atoms with E-state index in [0.29, 0.717) is 0 Å². The Hall–Kier alpha value is -1.39. The Bertz CT molecular complexity index is 533. The van der Waals surface area contributed by atoms with E-state index >= 15 is 0 Å². The second-order valence-electron chi connectivity index (χ2n) is 7.30. The minimum atomic E-state index is -0.0453. The summed E-state index contributed by atoms with van der Waals surface area (Å²) in [6, 6.07) is 8.31. The average molecular weight is 329 g/mol. The fraction of sp³-hybridized carbons (Fsp3) is 0.650. The van der Waals surface area contributed by atoms with E-state index in [1.165, 1.54) is 57.2 Å². The molecule has 0 spiro atoms. The number of nitrogens with zero attached hydrogens (tertiary/aromatic N) is 2. The van der Waals surface area contributed by atoms with Crippen LogP contribution in [0.3, 0.4) is 0 Å². The number of hydrogen-bond donors (Lipinski definition) is 1. The summed E-state index contributed by atoms with van der Waals surface area (Å²) in [5, 5.41) is 3.12. The predicted molar refractivity (Wildman–Crippen MR) is 99.1 cm³/mol. The third-order valence-electron chi connectivity index (χ3n) is 5.37. The summed E-state index contributed by atoms with van der Waals surface area (Å²) in [6.07, 6.45) is 7.70. The first-order valence-corrected chi connectivity index (χ1v) is 9.58. The van der Waals surface area contributed by atoms with Crippen LogP contribution >= 0.6 is 0 Å². The van der Waals surface area contributed by atoms with Gasteiger partial charge in [0.15, 0.2) is 0 Å². The molecular formula is C20H31N3O. The Balaban J connectivity index is 1.56. The fourth-order valence-electron chi connectivity index (χ4n) is 3.84. The second-order valence-corrected chi connectivity index (χ2v) is 7.30. The largest absolute Gasteiger partial charge is 0.325 e. The van der Waals surface area contributed by atoms with Gasteiger partial charge in [0.1, 0.15) is 0 Å². The molecule has 0 saturated carbocycles. The molecule has 0 aliphatic carbocycles. The summed E-state index contributed by atoms with van der Waals surface area (Å²) in [6.45, 7) is 7.50. The quantitative estimate of drug-likeness (QED) is 0.898. The van der Waals surface area contributed by atoms with E-state index in [0.717, 1.165) is 25.3 Å². The molecule has 3 rings (SSSR count). The first-order chi connectivity index (χ1) is 11.7. The van der Waals surface area contributed by atoms with E-state index in [1.807, 2.05) is 13.0 Å². The first kappa shape index (κ1) is 17.4. The van der Waals surface area contributed by atoms with Crippen molar-refractivity contribution < 1.29 is 4.79 Å². The highest BCUT2D eigenvalue weighted by molar-refractivity contribution is 5.94. The van der Waals surface area contributed by atoms with E-state index in [9.17, 15) is 4.79 Å². The highest BCUT2D eigenvalue weighted by Gasteiger charge is 2.22. The zero-order valence-corrected chi connectivity index (χ0v) is 15.0. The van der Waals surface area contributed by atoms with Crippen molar-refractivity contribution in [3.8, 4) is 0 Å². The van der Waals surface area contributed by atoms with Gasteiger partial charge in [0, 0.05) is 12.2 Å². The summed E-state index contributed by atoms with van der Waals surface area (Å²) in [5.41, 5.74) is 2.22. The Kier molecular flexibility index (Phi) is 6.27. The number of rotatable bonds is 5. The van der Waals surface area contributed by atoms with E-state index < -0.39 is 0 Å². The second kappa shape index (κ2) is 8.63. The molecule has 2 aliphatic heterocycles. The van der Waals surface area contributed by atoms with Gasteiger partial charge in [-0.2, -0.15) is 0 Å². The summed E-state index contributed by atoms with van der Waals surface area (Å²) in [4.78, 5) is 17.4. The maximum atomic E-state index is 12.5. The molecule has 1 aromatic carbocycles. The van der Waals surface area contributed by atoms with Crippen LogP contribution < -0.4 is 5.32 Å². The number of carbonyl (C=O) groups is 1. The molecule has 1 amide bonds. The van der Waals surface area contributed by atoms with Crippen molar-refractivity contribution >= 4 is 11.6 Å². The monoisotopic (exact) mass is 329 g/mol. The standard InChI is InChI=1S/C20H31N3O/c1-17(23-13-6-3-7-14-23)20(24)21-19-10-8-9-18(15-19)16-22-11-4-2-5-12-22/h8-10,15,17H,2-7,11-14,16H2,1H3,(H,21,24). The third-order valence-corrected chi connectivity index (χ3v) is 5.37. The Morgan fingerprint density at radius 1 is 1.04 bits per heavy atom. The highest BCUT2D eigenvalue weighted by atomic mass is 16.2. The van der Waals surface area contributed by atoms with Gasteiger partial charge in [-0.15, -0.1) is 0 Å². The maximum Gasteiger partial charge on any atom is 0.241 e. The number of carbonyl (C=O) groups excluding carboxylic acids is 1. The molecule has 0 aromatic heterocycles. The lowest BCUT2D eigenvalue weighted by atomic mass is 10.1. The lowest BCUT2D eigenvalue weighted by Gasteiger charge is -2.31. The summed E-state index contributed by atoms with van der Waals surface area (Å²) in [5.74, 6) is 0.118. The summed E-state index contributed by atoms with van der Waals surface area (Å²) in [7, 11) is 0. The number of hydrogen-bond acceptors (Lipinski definition) is 3. The minimum Gasteiger partial charge on any atom is -0.325 e. The molecule has 0 bridgehead atoms. The summed E-state index contributed by atoms with van der Waals surface area (Å²) < 4.78 is 0. The normalized spacial score (nSPS) is 21.4. The topological polar surface area (TPSA) is 35.6 Å². The van der Waals surface area contributed by atoms with Crippen LogP contribution in [0.25, 0.3) is 0 Å². The van der Waals surface area contributed by atoms with Gasteiger partial charge in [-0.25, -0.2) is 0 Å². The predicted octanol–water partition coefficient (Wildman–Crippen LogP) is 3.49. The Morgan fingerprint density at radius 3 is 2.42 bits per heavy atom. The molecule has 2 saturated heterocycles. The Morgan fingerprint density at radius 2 is 1.71 bits per heavy atom. The van der Waals surface area contributed by atoms with Gasteiger partial charge in [-0.05, 0) is 76.5 Å². The molecule has 24 heavy (non-hydrogen) atoms. The van der Waals surface area contributed by atoms with Crippen LogP contribution in [0.4, 0.5) is 5.69 Å². The molecule has 4 heteroatoms. The van der Waals surface area contributed by atoms with Crippen LogP contribution in [-0.4, -0.2) is 47.9 Å². The van der Waals surface area contributed by atoms with Gasteiger partial charge < -0.3 is 5.32 Å². The highest BCUT2D eigenvalue weighted by Crippen LogP contribution is 2.18. The number of amides is 1. The van der Waals surface area contributed by atoms with Crippen molar-refractivity contribution in [2.75, 3.05) is 31.5 Å². The number of likely N-dealkylation sites (tertiary alicyclic amines) is 2. The molecule has 0 radical (unpaired) electrons. The molecule has 4 nitrogen and oxygen atoms in total. The fourth-order valence-corrected chi connectivity index (χ4v) is 3.84. The zero-order chi connectivity index (χ0) is 16.8. The molecule has 132 valence electrons. The van der Waals surface area contributed by atoms with Crippen LogP contribution in [0.2, 0.25) is 0 Å². The molecular weight excluding hydrogens is 298 g/mol. The van der Waals surface area contributed by atoms with Crippen LogP contribution in [-0.2, 0) is 11.3 Å². The van der Waals surface area contributed by atoms with Crippen molar-refractivity contribution in [2.45, 2.75) is 58.0 Å². The van der Waals surface area contributed by atoms with E-state index in [-0.39, 0.29) is 11.9 Å². The SMILES string of the molecule is CC(C(=O)Nc1cccc(CN2CCCCC2)c1)N1CCCCC1. The zero-order valence-electron chi connectivity index (χ0n) is 15.0. The van der Waals surface area contributed by atoms with Gasteiger partial charge in [0.05, 0.1) is 6.04 Å². The van der Waals surface area contributed by atoms with Gasteiger partial charge >= 0.3 is 0 Å². The van der Waals surface area contributed by atoms with Gasteiger partial charge in [0.25, 0.3) is 0 Å². The van der Waals surface area contributed by atoms with E-state index in [2.05, 4.69) is 33.3 Å². The van der Waals surface area contributed by atoms with Gasteiger partial charge in [-0.3, -0.25) is 14.6 Å². The lowest BCUT2D eigenvalue weighted by molar-refractivity contribution is -0.121. The smallest absolute Gasteiger partial charge is 0.241 e. The van der Waals surface area contributed by atoms with Crippen molar-refractivity contribution in [3.63, 3.8) is 0 Å². The minimum absolute atomic E-state index is 0.0453. The number of piperidine rings is 2. The number of benzene rings is 1. The van der Waals surface area contributed by atoms with Gasteiger partial charge in [-0.1, -0.05) is 25.0 Å². The van der Waals surface area contributed by atoms with Crippen molar-refractivity contribution in [2.24, 2.45) is 0 Å². The van der Waals surface area contributed by atoms with Crippen LogP contribution in [0, 0.1) is 0 Å². The van der Waals surface area contributed by atoms with Crippen LogP contribution in [0.5, 0.6) is 0 Å². The van der Waals surface area contributed by atoms with Crippen molar-refractivity contribution in [3.05, 3.63) is 29.8 Å². The van der Waals surface area contributed by atoms with E-state index in [1.54, 1.807) is 0 Å². The maximum absolute atomic E-state index is 12.5. The number of nitrogens with one attached hydrogen (secondary N) is 1. The summed E-state index contributed by atoms with van der Waals surface area (Å²) >= 11 is 0. The van der Waals surface area contributed by atoms with Crippen LogP contribution in [0.15, 0.2) is 24.3 Å². The molecule has 2 fully saturated rings. The molecule has 1 atom stereocenters. The Labute approximate surface area is 146 Å². The van der Waals surface area contributed by atoms with Crippen molar-refractivity contribution in [1.29, 1.82) is 0 Å². The average Bonchev–Trinajstić information content (AvgIpc) is 2.63. The van der Waals surface area contributed by atoms with Crippen LogP contribution in [0.1, 0.15) is 51.0 Å². The lowest BCUT2D eigenvalue weighted by Crippen LogP contribution is -2.44. The molecule has 2 aliphatic rings. The third kappa shape index (κ3) is 4.81. The van der Waals surface area contributed by atoms with E-state index in [4.69, 9.17) is 0 Å². The molecule has 1 unspecified atom stereocenters. The van der Waals surface area contributed by atoms with Gasteiger partial charge in [0.2, 0.25) is 5.91 Å². The molecule has 1 N–H and O–H groups in total. The van der Waals surface area contributed by atoms with Crippen molar-refractivity contribution in [1.82, 2.24) is 9.80 Å². The molecule has 1 aromatic rings. The first-order valence-electron chi connectivity index (χ1n) is 9.58.